The summed E-state index contributed by atoms with van der Waals surface area (Å²) in [5.41, 5.74) is 3.69. The van der Waals surface area contributed by atoms with E-state index in [1.165, 1.54) is 24.6 Å². The van der Waals surface area contributed by atoms with Crippen molar-refractivity contribution in [2.75, 3.05) is 19.0 Å². The third-order valence-corrected chi connectivity index (χ3v) is 5.82. The fourth-order valence-electron chi connectivity index (χ4n) is 3.81. The molecule has 31 heavy (non-hydrogen) atoms. The van der Waals surface area contributed by atoms with Crippen LogP contribution >= 0.6 is 0 Å². The van der Waals surface area contributed by atoms with Crippen molar-refractivity contribution in [2.24, 2.45) is 5.14 Å². The molecule has 0 radical (unpaired) electrons. The van der Waals surface area contributed by atoms with Crippen molar-refractivity contribution in [2.45, 2.75) is 37.6 Å². The number of hydrogen-bond acceptors (Lipinski definition) is 9. The van der Waals surface area contributed by atoms with Crippen LogP contribution < -0.4 is 10.5 Å². The van der Waals surface area contributed by atoms with Crippen LogP contribution in [0.5, 0.6) is 0 Å². The molecule has 0 unspecified atom stereocenters. The molecule has 0 saturated carbocycles. The lowest BCUT2D eigenvalue weighted by Crippen LogP contribution is -2.37. The highest BCUT2D eigenvalue weighted by Crippen LogP contribution is 2.34. The molecular formula is C19H24N6O5S. The second-order valence-electron chi connectivity index (χ2n) is 7.34. The SMILES string of the molecule is CO[C@H](COS(N)(=O)=O)[C@@H](O)Cn1cnc2c(N[C@H]3CCc4ccccc43)ncnc21. The number of aromatic nitrogens is 4. The van der Waals surface area contributed by atoms with E-state index in [4.69, 9.17) is 9.88 Å². The van der Waals surface area contributed by atoms with Crippen LogP contribution in [0.15, 0.2) is 36.9 Å². The zero-order valence-corrected chi connectivity index (χ0v) is 17.7. The molecule has 0 saturated heterocycles. The number of ether oxygens (including phenoxy) is 1. The van der Waals surface area contributed by atoms with Gasteiger partial charge in [-0.15, -0.1) is 0 Å². The molecular weight excluding hydrogens is 424 g/mol. The number of fused-ring (bicyclic) bond motifs is 2. The van der Waals surface area contributed by atoms with Crippen molar-refractivity contribution in [1.82, 2.24) is 19.5 Å². The van der Waals surface area contributed by atoms with E-state index in [2.05, 4.69) is 36.6 Å². The number of aliphatic hydroxyl groups is 1. The average Bonchev–Trinajstić information content (AvgIpc) is 3.33. The summed E-state index contributed by atoms with van der Waals surface area (Å²) < 4.78 is 33.3. The molecule has 3 atom stereocenters. The summed E-state index contributed by atoms with van der Waals surface area (Å²) in [5, 5.41) is 18.8. The number of aliphatic hydroxyl groups excluding tert-OH is 1. The lowest BCUT2D eigenvalue weighted by atomic mass is 10.1. The average molecular weight is 449 g/mol. The lowest BCUT2D eigenvalue weighted by Gasteiger charge is -2.21. The number of imidazole rings is 1. The molecule has 1 aliphatic rings. The highest BCUT2D eigenvalue weighted by molar-refractivity contribution is 7.84. The number of nitrogens with one attached hydrogen (secondary N) is 1. The standard InChI is InChI=1S/C19H24N6O5S/c1-29-16(9-30-31(20,27)28)15(26)8-25-11-23-17-18(21-10-22-19(17)25)24-14-7-6-12-4-2-3-5-13(12)14/h2-5,10-11,14-16,26H,6-9H2,1H3,(H2,20,27,28)(H,21,22,24)/t14-,15-,16+/m0/s1. The van der Waals surface area contributed by atoms with Crippen LogP contribution in [-0.2, 0) is 32.2 Å². The zero-order valence-electron chi connectivity index (χ0n) is 16.9. The smallest absolute Gasteiger partial charge is 0.333 e. The van der Waals surface area contributed by atoms with E-state index in [1.807, 2.05) is 12.1 Å². The molecule has 12 heteroatoms. The Balaban J connectivity index is 1.51. The van der Waals surface area contributed by atoms with Gasteiger partial charge < -0.3 is 19.7 Å². The number of benzene rings is 1. The molecule has 0 amide bonds. The Hall–Kier alpha value is -2.64. The van der Waals surface area contributed by atoms with E-state index < -0.39 is 29.1 Å². The second-order valence-corrected chi connectivity index (χ2v) is 8.57. The Bertz CT molecular complexity index is 1170. The van der Waals surface area contributed by atoms with E-state index in [1.54, 1.807) is 10.9 Å². The molecule has 2 aromatic heterocycles. The lowest BCUT2D eigenvalue weighted by molar-refractivity contribution is -0.0403. The molecule has 11 nitrogen and oxygen atoms in total. The fraction of sp³-hybridized carbons (Fsp3) is 0.421. The van der Waals surface area contributed by atoms with Crippen molar-refractivity contribution < 1.29 is 22.4 Å². The van der Waals surface area contributed by atoms with Gasteiger partial charge in [-0.3, -0.25) is 4.18 Å². The molecule has 2 heterocycles. The van der Waals surface area contributed by atoms with Crippen molar-refractivity contribution >= 4 is 27.3 Å². The first-order valence-corrected chi connectivity index (χ1v) is 11.2. The van der Waals surface area contributed by atoms with Gasteiger partial charge in [-0.25, -0.2) is 20.1 Å². The van der Waals surface area contributed by atoms with Crippen LogP contribution in [0.3, 0.4) is 0 Å². The molecule has 0 aliphatic heterocycles. The summed E-state index contributed by atoms with van der Waals surface area (Å²) in [5.74, 6) is 0.612. The van der Waals surface area contributed by atoms with Gasteiger partial charge >= 0.3 is 10.3 Å². The summed E-state index contributed by atoms with van der Waals surface area (Å²) in [6.45, 7) is -0.349. The van der Waals surface area contributed by atoms with Gasteiger partial charge in [-0.2, -0.15) is 8.42 Å². The highest BCUT2D eigenvalue weighted by atomic mass is 32.2. The number of hydrogen-bond donors (Lipinski definition) is 3. The van der Waals surface area contributed by atoms with E-state index in [9.17, 15) is 13.5 Å². The first-order chi connectivity index (χ1) is 14.9. The number of methoxy groups -OCH3 is 1. The minimum Gasteiger partial charge on any atom is -0.388 e. The largest absolute Gasteiger partial charge is 0.388 e. The molecule has 4 N–H and O–H groups in total. The van der Waals surface area contributed by atoms with Crippen molar-refractivity contribution in [3.05, 3.63) is 48.0 Å². The molecule has 1 aromatic carbocycles. The summed E-state index contributed by atoms with van der Waals surface area (Å²) in [6.07, 6.45) is 2.95. The molecule has 1 aliphatic carbocycles. The number of aryl methyl sites for hydroxylation is 1. The van der Waals surface area contributed by atoms with Gasteiger partial charge in [0.15, 0.2) is 11.5 Å². The summed E-state index contributed by atoms with van der Waals surface area (Å²) in [4.78, 5) is 13.1. The number of rotatable bonds is 9. The first-order valence-electron chi connectivity index (χ1n) is 9.74. The third-order valence-electron chi connectivity index (χ3n) is 5.36. The van der Waals surface area contributed by atoms with Crippen molar-refractivity contribution in [3.63, 3.8) is 0 Å². The third kappa shape index (κ3) is 4.83. The predicted octanol–water partition coefficient (Wildman–Crippen LogP) is 0.522. The number of nitrogens with two attached hydrogens (primary N) is 1. The van der Waals surface area contributed by atoms with Crippen molar-refractivity contribution in [1.29, 1.82) is 0 Å². The Morgan fingerprint density at radius 3 is 2.90 bits per heavy atom. The Kier molecular flexibility index (Phi) is 6.16. The van der Waals surface area contributed by atoms with Gasteiger partial charge in [-0.1, -0.05) is 24.3 Å². The quantitative estimate of drug-likeness (QED) is 0.425. The van der Waals surface area contributed by atoms with Gasteiger partial charge in [-0.05, 0) is 24.0 Å². The van der Waals surface area contributed by atoms with Gasteiger partial charge in [0.1, 0.15) is 24.1 Å². The summed E-state index contributed by atoms with van der Waals surface area (Å²) in [6, 6.07) is 8.45. The Morgan fingerprint density at radius 1 is 1.32 bits per heavy atom. The molecule has 4 rings (SSSR count). The van der Waals surface area contributed by atoms with Crippen LogP contribution in [-0.4, -0.2) is 59.0 Å². The van der Waals surface area contributed by atoms with Crippen LogP contribution in [0.4, 0.5) is 5.82 Å². The van der Waals surface area contributed by atoms with E-state index >= 15 is 0 Å². The molecule has 0 spiro atoms. The van der Waals surface area contributed by atoms with E-state index in [0.29, 0.717) is 17.0 Å². The Labute approximate surface area is 179 Å². The van der Waals surface area contributed by atoms with Gasteiger partial charge in [0, 0.05) is 7.11 Å². The number of nitrogens with zero attached hydrogens (tertiary/aromatic N) is 4. The zero-order chi connectivity index (χ0) is 22.0. The minimum absolute atomic E-state index is 0.0612. The number of anilines is 1. The Morgan fingerprint density at radius 2 is 2.13 bits per heavy atom. The van der Waals surface area contributed by atoms with Crippen LogP contribution in [0, 0.1) is 0 Å². The fourth-order valence-corrected chi connectivity index (χ4v) is 4.13. The topological polar surface area (TPSA) is 154 Å². The highest BCUT2D eigenvalue weighted by Gasteiger charge is 2.25. The summed E-state index contributed by atoms with van der Waals surface area (Å²) in [7, 11) is -2.79. The molecule has 0 fully saturated rings. The van der Waals surface area contributed by atoms with Gasteiger partial charge in [0.05, 0.1) is 25.5 Å². The van der Waals surface area contributed by atoms with Crippen LogP contribution in [0.1, 0.15) is 23.6 Å². The van der Waals surface area contributed by atoms with E-state index in [-0.39, 0.29) is 12.6 Å². The molecule has 0 bridgehead atoms. The summed E-state index contributed by atoms with van der Waals surface area (Å²) >= 11 is 0. The minimum atomic E-state index is -4.14. The maximum Gasteiger partial charge on any atom is 0.333 e. The van der Waals surface area contributed by atoms with Gasteiger partial charge in [0.2, 0.25) is 0 Å². The predicted molar refractivity (Wildman–Crippen MR) is 112 cm³/mol. The van der Waals surface area contributed by atoms with E-state index in [0.717, 1.165) is 12.8 Å². The molecule has 166 valence electrons. The monoisotopic (exact) mass is 448 g/mol. The van der Waals surface area contributed by atoms with Gasteiger partial charge in [0.25, 0.3) is 0 Å². The maximum atomic E-state index is 11.0. The van der Waals surface area contributed by atoms with Crippen LogP contribution in [0.25, 0.3) is 11.2 Å². The first kappa shape index (κ1) is 21.6. The van der Waals surface area contributed by atoms with Crippen molar-refractivity contribution in [3.8, 4) is 0 Å². The second kappa shape index (κ2) is 8.85. The molecule has 3 aromatic rings. The maximum absolute atomic E-state index is 11.0. The van der Waals surface area contributed by atoms with Crippen LogP contribution in [0.2, 0.25) is 0 Å². The normalized spacial score (nSPS) is 18.1.